The molecule has 0 saturated heterocycles. The molecule has 0 unspecified atom stereocenters. The SMILES string of the molecule is CC1(C)c2ccccc2-c2ccc(N(c3ccc4c(c3)c3ccccc3n4-c3ccccc3)c3ccc4c(c3)c3c5ccc6cccc7ccc(cc3n4-c3ccccc3)c5c76)cc21. The van der Waals surface area contributed by atoms with Gasteiger partial charge >= 0.3 is 0 Å². The summed E-state index contributed by atoms with van der Waals surface area (Å²) in [6.07, 6.45) is 0. The molecule has 1 aliphatic rings. The Morgan fingerprint density at radius 1 is 0.328 bits per heavy atom. The third-order valence-electron chi connectivity index (χ3n) is 14.4. The quantitative estimate of drug-likeness (QED) is 0.158. The predicted molar refractivity (Wildman–Crippen MR) is 271 cm³/mol. The second-order valence-electron chi connectivity index (χ2n) is 18.1. The van der Waals surface area contributed by atoms with Crippen molar-refractivity contribution in [2.45, 2.75) is 19.3 Å². The van der Waals surface area contributed by atoms with Gasteiger partial charge in [0.05, 0.1) is 22.1 Å². The van der Waals surface area contributed by atoms with Crippen LogP contribution in [0.25, 0.3) is 98.4 Å². The Balaban J connectivity index is 1.07. The zero-order valence-corrected chi connectivity index (χ0v) is 35.5. The Bertz CT molecular complexity index is 4020. The van der Waals surface area contributed by atoms with Gasteiger partial charge in [0, 0.05) is 55.4 Å². The van der Waals surface area contributed by atoms with Crippen LogP contribution in [0.5, 0.6) is 0 Å². The van der Waals surface area contributed by atoms with Gasteiger partial charge in [-0.15, -0.1) is 0 Å². The minimum atomic E-state index is -0.147. The smallest absolute Gasteiger partial charge is 0.0553 e. The Kier molecular flexibility index (Phi) is 7.17. The molecule has 14 rings (SSSR count). The number of hydrogen-bond acceptors (Lipinski definition) is 1. The Morgan fingerprint density at radius 2 is 0.891 bits per heavy atom. The summed E-state index contributed by atoms with van der Waals surface area (Å²) in [6, 6.07) is 79.0. The average molecular weight is 816 g/mol. The lowest BCUT2D eigenvalue weighted by atomic mass is 9.82. The van der Waals surface area contributed by atoms with Crippen molar-refractivity contribution in [3.63, 3.8) is 0 Å². The van der Waals surface area contributed by atoms with E-state index in [9.17, 15) is 0 Å². The molecule has 2 heterocycles. The summed E-state index contributed by atoms with van der Waals surface area (Å²) < 4.78 is 4.86. The Hall–Kier alpha value is -8.14. The summed E-state index contributed by atoms with van der Waals surface area (Å²) in [5.41, 5.74) is 15.7. The van der Waals surface area contributed by atoms with Crippen molar-refractivity contribution in [3.05, 3.63) is 223 Å². The van der Waals surface area contributed by atoms with E-state index in [1.54, 1.807) is 0 Å². The van der Waals surface area contributed by atoms with Gasteiger partial charge < -0.3 is 14.0 Å². The number of fused-ring (bicyclic) bond motifs is 10. The van der Waals surface area contributed by atoms with Crippen LogP contribution in [0.4, 0.5) is 17.1 Å². The highest BCUT2D eigenvalue weighted by molar-refractivity contribution is 6.33. The largest absolute Gasteiger partial charge is 0.310 e. The fraction of sp³-hybridized carbons (Fsp3) is 0.0492. The first-order valence-corrected chi connectivity index (χ1v) is 22.3. The van der Waals surface area contributed by atoms with Gasteiger partial charge in [-0.25, -0.2) is 0 Å². The van der Waals surface area contributed by atoms with Gasteiger partial charge in [-0.05, 0) is 140 Å². The van der Waals surface area contributed by atoms with Crippen LogP contribution in [-0.2, 0) is 5.41 Å². The number of benzene rings is 11. The van der Waals surface area contributed by atoms with Gasteiger partial charge in [0.1, 0.15) is 0 Å². The van der Waals surface area contributed by atoms with Crippen molar-refractivity contribution >= 4 is 93.0 Å². The zero-order chi connectivity index (χ0) is 42.3. The van der Waals surface area contributed by atoms with Gasteiger partial charge in [-0.1, -0.05) is 141 Å². The molecule has 0 radical (unpaired) electrons. The number of anilines is 3. The molecule has 0 saturated carbocycles. The lowest BCUT2D eigenvalue weighted by Gasteiger charge is -2.28. The predicted octanol–water partition coefficient (Wildman–Crippen LogP) is 16.6. The summed E-state index contributed by atoms with van der Waals surface area (Å²) in [6.45, 7) is 4.75. The van der Waals surface area contributed by atoms with E-state index in [2.05, 4.69) is 240 Å². The van der Waals surface area contributed by atoms with Crippen molar-refractivity contribution in [2.24, 2.45) is 0 Å². The topological polar surface area (TPSA) is 13.1 Å². The molecule has 64 heavy (non-hydrogen) atoms. The molecule has 2 aromatic heterocycles. The van der Waals surface area contributed by atoms with E-state index >= 15 is 0 Å². The van der Waals surface area contributed by atoms with E-state index in [-0.39, 0.29) is 5.41 Å². The molecule has 300 valence electrons. The monoisotopic (exact) mass is 815 g/mol. The maximum atomic E-state index is 2.49. The van der Waals surface area contributed by atoms with Crippen LogP contribution in [0.15, 0.2) is 212 Å². The maximum absolute atomic E-state index is 2.49. The van der Waals surface area contributed by atoms with Crippen LogP contribution in [0.1, 0.15) is 25.0 Å². The molecule has 0 amide bonds. The van der Waals surface area contributed by atoms with E-state index in [1.165, 1.54) is 98.2 Å². The second-order valence-corrected chi connectivity index (χ2v) is 18.1. The summed E-state index contributed by atoms with van der Waals surface area (Å²) in [5, 5.41) is 12.7. The summed E-state index contributed by atoms with van der Waals surface area (Å²) in [7, 11) is 0. The molecule has 0 atom stereocenters. The van der Waals surface area contributed by atoms with E-state index in [1.807, 2.05) is 0 Å². The van der Waals surface area contributed by atoms with Crippen molar-refractivity contribution < 1.29 is 0 Å². The second kappa shape index (κ2) is 12.9. The molecule has 0 spiro atoms. The molecule has 1 aliphatic carbocycles. The first kappa shape index (κ1) is 35.5. The van der Waals surface area contributed by atoms with Crippen molar-refractivity contribution in [3.8, 4) is 22.5 Å². The molecule has 0 N–H and O–H groups in total. The average Bonchev–Trinajstić information content (AvgIpc) is 3.93. The molecule has 11 aromatic carbocycles. The molecular weight excluding hydrogens is 775 g/mol. The third-order valence-corrected chi connectivity index (χ3v) is 14.4. The van der Waals surface area contributed by atoms with Gasteiger partial charge in [0.25, 0.3) is 0 Å². The van der Waals surface area contributed by atoms with E-state index < -0.39 is 0 Å². The standard InChI is InChI=1S/C61H41N3/c1-61(2)52-22-11-9-20-46(52)47-31-27-45(37-53(47)61)62(43-28-32-55-50(35-43)48-21-10-12-23-54(48)63(55)41-16-5-3-6-17-41)44-29-33-56-51(36-44)60-49-30-26-39-15-13-14-38-24-25-40(59(49)58(38)39)34-57(60)64(56)42-18-7-4-8-19-42/h3-37H,1-2H3. The highest BCUT2D eigenvalue weighted by atomic mass is 15.1. The third kappa shape index (κ3) is 4.81. The van der Waals surface area contributed by atoms with Crippen molar-refractivity contribution in [1.82, 2.24) is 9.13 Å². The van der Waals surface area contributed by atoms with Crippen LogP contribution in [0.3, 0.4) is 0 Å². The minimum absolute atomic E-state index is 0.147. The number of aromatic nitrogens is 2. The van der Waals surface area contributed by atoms with Crippen LogP contribution in [0.2, 0.25) is 0 Å². The lowest BCUT2D eigenvalue weighted by Crippen LogP contribution is -2.16. The van der Waals surface area contributed by atoms with E-state index in [4.69, 9.17) is 0 Å². The molecule has 0 aliphatic heterocycles. The van der Waals surface area contributed by atoms with Gasteiger partial charge in [0.15, 0.2) is 0 Å². The first-order chi connectivity index (χ1) is 31.5. The minimum Gasteiger partial charge on any atom is -0.310 e. The molecule has 3 nitrogen and oxygen atoms in total. The maximum Gasteiger partial charge on any atom is 0.0553 e. The van der Waals surface area contributed by atoms with Gasteiger partial charge in [-0.3, -0.25) is 0 Å². The van der Waals surface area contributed by atoms with Crippen LogP contribution < -0.4 is 4.90 Å². The van der Waals surface area contributed by atoms with Gasteiger partial charge in [0.2, 0.25) is 0 Å². The molecule has 0 fully saturated rings. The normalized spacial score (nSPS) is 13.3. The van der Waals surface area contributed by atoms with Crippen LogP contribution in [-0.4, -0.2) is 9.13 Å². The number of rotatable bonds is 5. The highest BCUT2D eigenvalue weighted by Gasteiger charge is 2.36. The number of para-hydroxylation sites is 3. The number of hydrogen-bond donors (Lipinski definition) is 0. The molecule has 13 aromatic rings. The zero-order valence-electron chi connectivity index (χ0n) is 35.5. The Morgan fingerprint density at radius 3 is 1.66 bits per heavy atom. The summed E-state index contributed by atoms with van der Waals surface area (Å²) >= 11 is 0. The van der Waals surface area contributed by atoms with Crippen molar-refractivity contribution in [2.75, 3.05) is 4.90 Å². The van der Waals surface area contributed by atoms with Crippen LogP contribution >= 0.6 is 0 Å². The fourth-order valence-corrected chi connectivity index (χ4v) is 11.5. The number of nitrogens with zero attached hydrogens (tertiary/aromatic N) is 3. The summed E-state index contributed by atoms with van der Waals surface area (Å²) in [4.78, 5) is 2.49. The molecule has 3 heteroatoms. The fourth-order valence-electron chi connectivity index (χ4n) is 11.5. The molecule has 0 bridgehead atoms. The summed E-state index contributed by atoms with van der Waals surface area (Å²) in [5.74, 6) is 0. The van der Waals surface area contributed by atoms with Crippen LogP contribution in [0, 0.1) is 0 Å². The van der Waals surface area contributed by atoms with E-state index in [0.29, 0.717) is 0 Å². The molecular formula is C61H41N3. The lowest BCUT2D eigenvalue weighted by molar-refractivity contribution is 0.660. The van der Waals surface area contributed by atoms with E-state index in [0.717, 1.165) is 28.4 Å². The van der Waals surface area contributed by atoms with Gasteiger partial charge in [-0.2, -0.15) is 0 Å². The van der Waals surface area contributed by atoms with Crippen molar-refractivity contribution in [1.29, 1.82) is 0 Å². The highest BCUT2D eigenvalue weighted by Crippen LogP contribution is 2.52. The first-order valence-electron chi connectivity index (χ1n) is 22.3. The Labute approximate surface area is 370 Å².